The molecular weight excluding hydrogens is 164 g/mol. The van der Waals surface area contributed by atoms with Gasteiger partial charge in [-0.3, -0.25) is 0 Å². The van der Waals surface area contributed by atoms with E-state index < -0.39 is 6.61 Å². The lowest BCUT2D eigenvalue weighted by molar-refractivity contribution is -0.174. The van der Waals surface area contributed by atoms with Gasteiger partial charge in [0, 0.05) is 0 Å². The van der Waals surface area contributed by atoms with Crippen LogP contribution < -0.4 is 5.32 Å². The number of alkyl halides is 2. The minimum atomic E-state index is -2.66. The van der Waals surface area contributed by atoms with Crippen molar-refractivity contribution in [2.45, 2.75) is 33.0 Å². The van der Waals surface area contributed by atoms with Gasteiger partial charge >= 0.3 is 6.61 Å². The van der Waals surface area contributed by atoms with E-state index in [2.05, 4.69) is 10.1 Å². The van der Waals surface area contributed by atoms with Crippen molar-refractivity contribution in [2.24, 2.45) is 5.92 Å². The summed E-state index contributed by atoms with van der Waals surface area (Å²) in [5.74, 6) is 0.132. The van der Waals surface area contributed by atoms with Crippen LogP contribution in [0, 0.1) is 5.92 Å². The molecule has 0 saturated carbocycles. The smallest absolute Gasteiger partial charge is 0.320 e. The van der Waals surface area contributed by atoms with E-state index in [-0.39, 0.29) is 12.0 Å². The molecule has 0 aromatic heterocycles. The molecule has 0 heterocycles. The lowest BCUT2D eigenvalue weighted by atomic mass is 10.0. The summed E-state index contributed by atoms with van der Waals surface area (Å²) in [5.41, 5.74) is 0. The zero-order valence-electron chi connectivity index (χ0n) is 7.81. The molecule has 2 nitrogen and oxygen atoms in total. The highest BCUT2D eigenvalue weighted by molar-refractivity contribution is 4.63. The fourth-order valence-corrected chi connectivity index (χ4v) is 0.977. The molecule has 0 saturated heterocycles. The van der Waals surface area contributed by atoms with Crippen molar-refractivity contribution in [3.8, 4) is 0 Å². The zero-order chi connectivity index (χ0) is 9.56. The molecule has 0 aliphatic heterocycles. The Morgan fingerprint density at radius 3 is 2.25 bits per heavy atom. The van der Waals surface area contributed by atoms with E-state index in [1.54, 1.807) is 7.05 Å². The summed E-state index contributed by atoms with van der Waals surface area (Å²) < 4.78 is 28.1. The Labute approximate surface area is 72.3 Å². The molecule has 0 fully saturated rings. The minimum absolute atomic E-state index is 0.132. The Morgan fingerprint density at radius 1 is 1.33 bits per heavy atom. The average molecular weight is 181 g/mol. The van der Waals surface area contributed by atoms with Gasteiger partial charge in [0.05, 0.1) is 6.10 Å². The normalized spacial score (nSPS) is 14.2. The first-order valence-corrected chi connectivity index (χ1v) is 4.16. The van der Waals surface area contributed by atoms with E-state index in [9.17, 15) is 8.78 Å². The van der Waals surface area contributed by atoms with Crippen LogP contribution >= 0.6 is 0 Å². The number of hydrogen-bond donors (Lipinski definition) is 1. The van der Waals surface area contributed by atoms with Crippen LogP contribution in [0.25, 0.3) is 0 Å². The monoisotopic (exact) mass is 181 g/mol. The van der Waals surface area contributed by atoms with Crippen LogP contribution in [-0.4, -0.2) is 26.3 Å². The minimum Gasteiger partial charge on any atom is -0.320 e. The quantitative estimate of drug-likeness (QED) is 0.675. The van der Waals surface area contributed by atoms with Gasteiger partial charge in [-0.25, -0.2) is 0 Å². The van der Waals surface area contributed by atoms with Crippen molar-refractivity contribution in [2.75, 3.05) is 13.6 Å². The van der Waals surface area contributed by atoms with Gasteiger partial charge < -0.3 is 10.1 Å². The molecule has 0 radical (unpaired) electrons. The second kappa shape index (κ2) is 6.31. The third-order valence-corrected chi connectivity index (χ3v) is 1.70. The molecule has 0 aromatic rings. The second-order valence-electron chi connectivity index (χ2n) is 3.07. The van der Waals surface area contributed by atoms with Gasteiger partial charge in [0.25, 0.3) is 0 Å². The van der Waals surface area contributed by atoms with Crippen LogP contribution in [0.3, 0.4) is 0 Å². The number of hydrogen-bond acceptors (Lipinski definition) is 2. The number of ether oxygens (including phenoxy) is 1. The summed E-state index contributed by atoms with van der Waals surface area (Å²) >= 11 is 0. The average Bonchev–Trinajstić information content (AvgIpc) is 1.96. The fourth-order valence-electron chi connectivity index (χ4n) is 0.977. The van der Waals surface area contributed by atoms with E-state index in [4.69, 9.17) is 0 Å². The molecule has 1 N–H and O–H groups in total. The lowest BCUT2D eigenvalue weighted by Crippen LogP contribution is -2.26. The van der Waals surface area contributed by atoms with Crippen LogP contribution in [0.1, 0.15) is 20.3 Å². The highest BCUT2D eigenvalue weighted by Crippen LogP contribution is 2.13. The van der Waals surface area contributed by atoms with Gasteiger partial charge in [-0.15, -0.1) is 0 Å². The SMILES string of the molecule is CNCCC(OC(F)F)C(C)C. The van der Waals surface area contributed by atoms with Crippen LogP contribution in [-0.2, 0) is 4.74 Å². The maximum Gasteiger partial charge on any atom is 0.345 e. The highest BCUT2D eigenvalue weighted by atomic mass is 19.3. The molecule has 0 aromatic carbocycles. The molecular formula is C8H17F2NO. The summed E-state index contributed by atoms with van der Waals surface area (Å²) in [4.78, 5) is 0. The van der Waals surface area contributed by atoms with Gasteiger partial charge in [0.2, 0.25) is 0 Å². The van der Waals surface area contributed by atoms with Crippen LogP contribution in [0.15, 0.2) is 0 Å². The first-order valence-electron chi connectivity index (χ1n) is 4.16. The zero-order valence-corrected chi connectivity index (χ0v) is 7.81. The molecule has 0 aliphatic rings. The molecule has 0 aliphatic carbocycles. The van der Waals surface area contributed by atoms with Gasteiger partial charge in [-0.1, -0.05) is 13.8 Å². The molecule has 1 atom stereocenters. The van der Waals surface area contributed by atoms with Gasteiger partial charge in [-0.05, 0) is 25.9 Å². The van der Waals surface area contributed by atoms with Gasteiger partial charge in [-0.2, -0.15) is 8.78 Å². The van der Waals surface area contributed by atoms with Crippen molar-refractivity contribution in [1.82, 2.24) is 5.32 Å². The summed E-state index contributed by atoms with van der Waals surface area (Å²) in [6, 6.07) is 0. The molecule has 74 valence electrons. The van der Waals surface area contributed by atoms with Crippen LogP contribution in [0.4, 0.5) is 8.78 Å². The molecule has 4 heteroatoms. The van der Waals surface area contributed by atoms with Crippen molar-refractivity contribution in [1.29, 1.82) is 0 Å². The summed E-state index contributed by atoms with van der Waals surface area (Å²) in [6.07, 6.45) is 0.274. The van der Waals surface area contributed by atoms with Gasteiger partial charge in [0.1, 0.15) is 0 Å². The van der Waals surface area contributed by atoms with E-state index in [1.807, 2.05) is 13.8 Å². The van der Waals surface area contributed by atoms with Gasteiger partial charge in [0.15, 0.2) is 0 Å². The molecule has 12 heavy (non-hydrogen) atoms. The van der Waals surface area contributed by atoms with Crippen molar-refractivity contribution >= 4 is 0 Å². The first kappa shape index (κ1) is 11.8. The Kier molecular flexibility index (Phi) is 6.20. The predicted octanol–water partition coefficient (Wildman–Crippen LogP) is 1.86. The van der Waals surface area contributed by atoms with Crippen molar-refractivity contribution in [3.05, 3.63) is 0 Å². The number of nitrogens with one attached hydrogen (secondary N) is 1. The molecule has 0 spiro atoms. The van der Waals surface area contributed by atoms with E-state index in [1.165, 1.54) is 0 Å². The second-order valence-corrected chi connectivity index (χ2v) is 3.07. The topological polar surface area (TPSA) is 21.3 Å². The molecule has 0 rings (SSSR count). The standard InChI is InChI=1S/C8H17F2NO/c1-6(2)7(4-5-11-3)12-8(9)10/h6-8,11H,4-5H2,1-3H3. The summed E-state index contributed by atoms with van der Waals surface area (Å²) in [6.45, 7) is 1.80. The Hall–Kier alpha value is -0.220. The first-order chi connectivity index (χ1) is 5.57. The van der Waals surface area contributed by atoms with Crippen molar-refractivity contribution < 1.29 is 13.5 Å². The third-order valence-electron chi connectivity index (χ3n) is 1.70. The number of rotatable bonds is 6. The van der Waals surface area contributed by atoms with E-state index in [0.29, 0.717) is 13.0 Å². The molecule has 1 unspecified atom stereocenters. The van der Waals surface area contributed by atoms with Crippen LogP contribution in [0.2, 0.25) is 0 Å². The summed E-state index contributed by atoms with van der Waals surface area (Å²) in [5, 5.41) is 2.90. The Morgan fingerprint density at radius 2 is 1.92 bits per heavy atom. The maximum absolute atomic E-state index is 11.8. The Bertz CT molecular complexity index is 109. The van der Waals surface area contributed by atoms with Crippen molar-refractivity contribution in [3.63, 3.8) is 0 Å². The maximum atomic E-state index is 11.8. The largest absolute Gasteiger partial charge is 0.345 e. The molecule has 0 bridgehead atoms. The fraction of sp³-hybridized carbons (Fsp3) is 1.00. The number of halogens is 2. The van der Waals surface area contributed by atoms with E-state index >= 15 is 0 Å². The highest BCUT2D eigenvalue weighted by Gasteiger charge is 2.17. The third kappa shape index (κ3) is 5.43. The van der Waals surface area contributed by atoms with E-state index in [0.717, 1.165) is 0 Å². The van der Waals surface area contributed by atoms with Crippen LogP contribution in [0.5, 0.6) is 0 Å². The summed E-state index contributed by atoms with van der Waals surface area (Å²) in [7, 11) is 1.79. The molecule has 0 amide bonds. The lowest BCUT2D eigenvalue weighted by Gasteiger charge is -2.20. The Balaban J connectivity index is 3.70. The predicted molar refractivity (Wildman–Crippen MR) is 44.3 cm³/mol.